The molecule has 0 unspecified atom stereocenters. The number of unbranched alkanes of at least 4 members (excludes halogenated alkanes) is 3. The Kier molecular flexibility index (Phi) is 6.03. The molecule has 0 fully saturated rings. The molecule has 1 heteroatoms. The fraction of sp³-hybridized carbons (Fsp3) is 0.350. The number of nitriles is 1. The van der Waals surface area contributed by atoms with Crippen molar-refractivity contribution in [3.05, 3.63) is 71.3 Å². The summed E-state index contributed by atoms with van der Waals surface area (Å²) in [4.78, 5) is 0. The minimum atomic E-state index is -0.166. The Morgan fingerprint density at radius 1 is 0.857 bits per heavy atom. The van der Waals surface area contributed by atoms with E-state index in [4.69, 9.17) is 0 Å². The maximum atomic E-state index is 9.45. The molecule has 1 nitrogen and oxygen atoms in total. The highest BCUT2D eigenvalue weighted by Gasteiger charge is 2.12. The van der Waals surface area contributed by atoms with Crippen molar-refractivity contribution in [2.75, 3.05) is 0 Å². The minimum Gasteiger partial charge on any atom is -0.197 e. The molecule has 0 N–H and O–H groups in total. The molecule has 0 aliphatic carbocycles. The zero-order valence-electron chi connectivity index (χ0n) is 12.8. The average Bonchev–Trinajstić information content (AvgIpc) is 2.55. The van der Waals surface area contributed by atoms with E-state index in [1.165, 1.54) is 31.2 Å². The summed E-state index contributed by atoms with van der Waals surface area (Å²) in [5.41, 5.74) is 3.52. The summed E-state index contributed by atoms with van der Waals surface area (Å²) in [5.74, 6) is -0.166. The monoisotopic (exact) mass is 277 g/mol. The number of rotatable bonds is 7. The summed E-state index contributed by atoms with van der Waals surface area (Å²) in [7, 11) is 0. The summed E-state index contributed by atoms with van der Waals surface area (Å²) in [6.45, 7) is 2.24. The highest BCUT2D eigenvalue weighted by Crippen LogP contribution is 2.24. The van der Waals surface area contributed by atoms with Gasteiger partial charge >= 0.3 is 0 Å². The van der Waals surface area contributed by atoms with Crippen molar-refractivity contribution in [2.45, 2.75) is 44.9 Å². The van der Waals surface area contributed by atoms with E-state index in [1.807, 2.05) is 30.3 Å². The van der Waals surface area contributed by atoms with Crippen molar-refractivity contribution in [1.29, 1.82) is 5.26 Å². The number of benzene rings is 2. The zero-order chi connectivity index (χ0) is 14.9. The Morgan fingerprint density at radius 3 is 2.14 bits per heavy atom. The summed E-state index contributed by atoms with van der Waals surface area (Å²) in [6.07, 6.45) is 6.31. The van der Waals surface area contributed by atoms with Gasteiger partial charge < -0.3 is 0 Å². The second-order valence-electron chi connectivity index (χ2n) is 5.53. The molecule has 2 rings (SSSR count). The lowest BCUT2D eigenvalue weighted by Gasteiger charge is -2.10. The van der Waals surface area contributed by atoms with Gasteiger partial charge in [-0.15, -0.1) is 0 Å². The molecule has 0 saturated carbocycles. The molecule has 0 aliphatic heterocycles. The lowest BCUT2D eigenvalue weighted by molar-refractivity contribution is 0.667. The van der Waals surface area contributed by atoms with Gasteiger partial charge in [-0.3, -0.25) is 0 Å². The molecular weight excluding hydrogens is 254 g/mol. The largest absolute Gasteiger partial charge is 0.197 e. The number of aryl methyl sites for hydroxylation is 1. The first-order chi connectivity index (χ1) is 10.3. The number of hydrogen-bond acceptors (Lipinski definition) is 1. The first kappa shape index (κ1) is 15.3. The van der Waals surface area contributed by atoms with Gasteiger partial charge in [0.15, 0.2) is 0 Å². The van der Waals surface area contributed by atoms with E-state index in [1.54, 1.807) is 0 Å². The molecule has 21 heavy (non-hydrogen) atoms. The normalized spacial score (nSPS) is 11.8. The first-order valence-corrected chi connectivity index (χ1v) is 7.88. The Hall–Kier alpha value is -2.07. The van der Waals surface area contributed by atoms with Crippen molar-refractivity contribution in [1.82, 2.24) is 0 Å². The van der Waals surface area contributed by atoms with Crippen molar-refractivity contribution < 1.29 is 0 Å². The Morgan fingerprint density at radius 2 is 1.52 bits per heavy atom. The van der Waals surface area contributed by atoms with E-state index in [9.17, 15) is 5.26 Å². The molecule has 0 amide bonds. The molecule has 2 aromatic rings. The predicted octanol–water partition coefficient (Wildman–Crippen LogP) is 5.46. The third-order valence-electron chi connectivity index (χ3n) is 3.89. The Labute approximate surface area is 128 Å². The lowest BCUT2D eigenvalue weighted by Crippen LogP contribution is -1.98. The first-order valence-electron chi connectivity index (χ1n) is 7.88. The van der Waals surface area contributed by atoms with Crippen LogP contribution < -0.4 is 0 Å². The summed E-state index contributed by atoms with van der Waals surface area (Å²) < 4.78 is 0. The van der Waals surface area contributed by atoms with Crippen LogP contribution in [0.15, 0.2) is 54.6 Å². The van der Waals surface area contributed by atoms with Gasteiger partial charge in [-0.25, -0.2) is 0 Å². The van der Waals surface area contributed by atoms with Gasteiger partial charge in [-0.2, -0.15) is 5.26 Å². The molecule has 1 atom stereocenters. The second-order valence-corrected chi connectivity index (χ2v) is 5.53. The molecule has 0 spiro atoms. The number of hydrogen-bond donors (Lipinski definition) is 0. The van der Waals surface area contributed by atoms with Crippen LogP contribution in [0.2, 0.25) is 0 Å². The molecule has 0 aliphatic rings. The van der Waals surface area contributed by atoms with Gasteiger partial charge in [-0.1, -0.05) is 80.8 Å². The van der Waals surface area contributed by atoms with E-state index in [0.29, 0.717) is 0 Å². The molecule has 0 radical (unpaired) electrons. The Balaban J connectivity index is 2.02. The zero-order valence-corrected chi connectivity index (χ0v) is 12.8. The summed E-state index contributed by atoms with van der Waals surface area (Å²) in [6, 6.07) is 21.0. The highest BCUT2D eigenvalue weighted by molar-refractivity contribution is 5.38. The summed E-state index contributed by atoms with van der Waals surface area (Å²) in [5, 5.41) is 9.45. The molecule has 0 bridgehead atoms. The van der Waals surface area contributed by atoms with Crippen LogP contribution in [0.25, 0.3) is 0 Å². The van der Waals surface area contributed by atoms with Gasteiger partial charge in [0.2, 0.25) is 0 Å². The third kappa shape index (κ3) is 4.46. The van der Waals surface area contributed by atoms with Crippen molar-refractivity contribution in [2.24, 2.45) is 0 Å². The molecule has 2 aromatic carbocycles. The smallest absolute Gasteiger partial charge is 0.0962 e. The van der Waals surface area contributed by atoms with Crippen molar-refractivity contribution >= 4 is 0 Å². The van der Waals surface area contributed by atoms with Gasteiger partial charge in [0.1, 0.15) is 0 Å². The van der Waals surface area contributed by atoms with Crippen molar-refractivity contribution in [3.63, 3.8) is 0 Å². The third-order valence-corrected chi connectivity index (χ3v) is 3.89. The van der Waals surface area contributed by atoms with Crippen LogP contribution >= 0.6 is 0 Å². The van der Waals surface area contributed by atoms with Crippen LogP contribution in [-0.4, -0.2) is 0 Å². The highest BCUT2D eigenvalue weighted by atomic mass is 14.3. The van der Waals surface area contributed by atoms with Gasteiger partial charge in [0.05, 0.1) is 12.0 Å². The van der Waals surface area contributed by atoms with Gasteiger partial charge in [0, 0.05) is 0 Å². The maximum absolute atomic E-state index is 9.45. The molecule has 0 saturated heterocycles. The van der Waals surface area contributed by atoms with Gasteiger partial charge in [-0.05, 0) is 29.5 Å². The summed E-state index contributed by atoms with van der Waals surface area (Å²) >= 11 is 0. The van der Waals surface area contributed by atoms with Crippen LogP contribution in [0.4, 0.5) is 0 Å². The van der Waals surface area contributed by atoms with E-state index in [0.717, 1.165) is 17.5 Å². The van der Waals surface area contributed by atoms with E-state index in [2.05, 4.69) is 37.3 Å². The molecule has 108 valence electrons. The SMILES string of the molecule is CCCCCCc1ccc([C@H](C#N)c2ccccc2)cc1. The molecular formula is C20H23N. The fourth-order valence-electron chi connectivity index (χ4n) is 2.62. The topological polar surface area (TPSA) is 23.8 Å². The average molecular weight is 277 g/mol. The fourth-order valence-corrected chi connectivity index (χ4v) is 2.62. The van der Waals surface area contributed by atoms with E-state index >= 15 is 0 Å². The molecule has 0 heterocycles. The standard InChI is InChI=1S/C20H23N/c1-2-3-4-6-9-17-12-14-19(15-13-17)20(16-21)18-10-7-5-8-11-18/h5,7-8,10-15,20H,2-4,6,9H2,1H3/t20-/m1/s1. The predicted molar refractivity (Wildman–Crippen MR) is 88.2 cm³/mol. The second kappa shape index (κ2) is 8.27. The quantitative estimate of drug-likeness (QED) is 0.616. The maximum Gasteiger partial charge on any atom is 0.0962 e. The Bertz CT molecular complexity index is 563. The lowest BCUT2D eigenvalue weighted by atomic mass is 9.91. The minimum absolute atomic E-state index is 0.166. The van der Waals surface area contributed by atoms with Crippen LogP contribution in [0.3, 0.4) is 0 Å². The van der Waals surface area contributed by atoms with E-state index < -0.39 is 0 Å². The van der Waals surface area contributed by atoms with Crippen LogP contribution in [0.5, 0.6) is 0 Å². The van der Waals surface area contributed by atoms with Gasteiger partial charge in [0.25, 0.3) is 0 Å². The van der Waals surface area contributed by atoms with Crippen LogP contribution in [0.1, 0.15) is 55.2 Å². The van der Waals surface area contributed by atoms with Crippen molar-refractivity contribution in [3.8, 4) is 6.07 Å². The van der Waals surface area contributed by atoms with Crippen LogP contribution in [-0.2, 0) is 6.42 Å². The van der Waals surface area contributed by atoms with Crippen LogP contribution in [0, 0.1) is 11.3 Å². The molecule has 0 aromatic heterocycles. The number of nitrogens with zero attached hydrogens (tertiary/aromatic N) is 1. The van der Waals surface area contributed by atoms with E-state index in [-0.39, 0.29) is 5.92 Å².